The predicted molar refractivity (Wildman–Crippen MR) is 238 cm³/mol. The van der Waals surface area contributed by atoms with E-state index >= 15 is 0 Å². The molecule has 2 aliphatic rings. The first-order chi connectivity index (χ1) is 32.0. The quantitative estimate of drug-likeness (QED) is 0.0176. The van der Waals surface area contributed by atoms with E-state index < -0.39 is 102 Å². The van der Waals surface area contributed by atoms with Crippen molar-refractivity contribution >= 4 is 77.8 Å². The number of imidazole rings is 1. The van der Waals surface area contributed by atoms with Gasteiger partial charge in [-0.3, -0.25) is 27.6 Å². The van der Waals surface area contributed by atoms with Crippen molar-refractivity contribution in [3.63, 3.8) is 0 Å². The van der Waals surface area contributed by atoms with Crippen LogP contribution in [0.2, 0.25) is 0 Å². The minimum absolute atomic E-state index is 0.0329. The summed E-state index contributed by atoms with van der Waals surface area (Å²) in [5, 5.41) is 26.6. The molecule has 0 saturated carbocycles. The molecule has 1 aromatic carbocycles. The second kappa shape index (κ2) is 21.8. The number of ether oxygens (including phenoxy) is 4. The zero-order valence-electron chi connectivity index (χ0n) is 36.1. The van der Waals surface area contributed by atoms with Gasteiger partial charge in [0.25, 0.3) is 0 Å². The van der Waals surface area contributed by atoms with Crippen LogP contribution in [-0.4, -0.2) is 144 Å². The fraction of sp³-hybridized carbons (Fsp3) is 0.514. The highest BCUT2D eigenvalue weighted by Crippen LogP contribution is 2.50. The molecule has 370 valence electrons. The van der Waals surface area contributed by atoms with Crippen molar-refractivity contribution in [2.45, 2.75) is 87.2 Å². The number of hydrogen-bond donors (Lipinski definition) is 7. The lowest BCUT2D eigenvalue weighted by atomic mass is 10.1. The number of likely N-dealkylation sites (N-methyl/N-ethyl adjacent to an activating group) is 1. The number of phosphoric acid groups is 2. The summed E-state index contributed by atoms with van der Waals surface area (Å²) in [5.74, 6) is -1.41. The van der Waals surface area contributed by atoms with Gasteiger partial charge in [-0.2, -0.15) is 4.98 Å². The van der Waals surface area contributed by atoms with Crippen LogP contribution in [0.1, 0.15) is 38.8 Å². The largest absolute Gasteiger partial charge is 0.472 e. The Morgan fingerprint density at radius 3 is 2.34 bits per heavy atom. The third-order valence-electron chi connectivity index (χ3n) is 9.78. The number of esters is 1. The van der Waals surface area contributed by atoms with Crippen molar-refractivity contribution in [2.75, 3.05) is 37.5 Å². The Balaban J connectivity index is 1.25. The first kappa shape index (κ1) is 52.4. The van der Waals surface area contributed by atoms with Crippen molar-refractivity contribution < 1.29 is 76.1 Å². The number of anilines is 2. The van der Waals surface area contributed by atoms with Crippen LogP contribution >= 0.6 is 37.2 Å². The summed E-state index contributed by atoms with van der Waals surface area (Å²) in [6, 6.07) is 6.09. The molecule has 2 aliphatic heterocycles. The minimum Gasteiger partial charge on any atom is -0.455 e. The molecule has 10 atom stereocenters. The maximum atomic E-state index is 14.3. The molecule has 2 fully saturated rings. The monoisotopic (exact) mass is 1030 g/mol. The maximum absolute atomic E-state index is 14.3. The number of aliphatic hydroxyl groups is 2. The summed E-state index contributed by atoms with van der Waals surface area (Å²) in [4.78, 5) is 89.7. The van der Waals surface area contributed by atoms with Gasteiger partial charge in [0.2, 0.25) is 0 Å². The molecule has 68 heavy (non-hydrogen) atoms. The molecule has 33 heteroatoms. The lowest BCUT2D eigenvalue weighted by Crippen LogP contribution is -2.48. The molecule has 9 N–H and O–H groups in total. The molecule has 0 bridgehead atoms. The van der Waals surface area contributed by atoms with E-state index in [1.165, 1.54) is 51.7 Å². The normalized spacial score (nSPS) is 24.2. The van der Waals surface area contributed by atoms with E-state index in [1.54, 1.807) is 18.2 Å². The summed E-state index contributed by atoms with van der Waals surface area (Å²) < 4.78 is 65.1. The Hall–Kier alpha value is -4.94. The lowest BCUT2D eigenvalue weighted by Gasteiger charge is -2.29. The average molecular weight is 1030 g/mol. The van der Waals surface area contributed by atoms with Crippen LogP contribution in [0, 0.1) is 0 Å². The van der Waals surface area contributed by atoms with Gasteiger partial charge in [0.05, 0.1) is 19.5 Å². The Kier molecular flexibility index (Phi) is 16.8. The van der Waals surface area contributed by atoms with Crippen LogP contribution in [0.4, 0.5) is 22.1 Å². The predicted octanol–water partition coefficient (Wildman–Crippen LogP) is 2.05. The minimum atomic E-state index is -5.47. The Morgan fingerprint density at radius 1 is 1.00 bits per heavy atom. The SMILES string of the molecule is CN(C(=O)OCc1ccccc1N=[N+]=[N-])[C@@H](CSSC(C)(C)C)C(=O)OC1C(COP(=O)(O)O[C@H]2[C@@H](O)[C@H](n3ccc(N)nc3=O)O[C@@H]2COP(=O)(O)O)OC(n2cnc3c(N)ncnc32)C1O. The molecule has 0 spiro atoms. The van der Waals surface area contributed by atoms with Crippen molar-refractivity contribution in [3.05, 3.63) is 75.7 Å². The summed E-state index contributed by atoms with van der Waals surface area (Å²) in [5.41, 5.74) is 20.2. The number of carbonyl (C=O) groups is 2. The number of aliphatic hydroxyl groups excluding tert-OH is 2. The van der Waals surface area contributed by atoms with E-state index in [9.17, 15) is 48.4 Å². The number of hydrogen-bond acceptors (Lipinski definition) is 23. The standard InChI is InChI=1S/C35H46N12O17P2S2/c1-35(2,3)68-67-14-19(45(4)34(52)58-11-17-7-5-6-8-18(17)43-44-38)32(50)63-26-20(61-31(24(26)48)47-16-41-23-28(37)39-15-40-29(23)47)13-60-66(56,57)64-27-21(12-59-65(53,54)55)62-30(25(27)49)46-10-9-22(36)42-33(46)51/h5-10,15-16,19-21,24-27,30-31,48-49H,11-14H2,1-4H3,(H,56,57)(H2,36,42,51)(H2,37,39,40)(H2,53,54,55)/t19-,20?,21+,24?,25+,26?,27+,30+,31?/m0/s1. The van der Waals surface area contributed by atoms with Crippen LogP contribution in [-0.2, 0) is 53.1 Å². The van der Waals surface area contributed by atoms with E-state index in [4.69, 9.17) is 45.0 Å². The smallest absolute Gasteiger partial charge is 0.455 e. The highest BCUT2D eigenvalue weighted by atomic mass is 33.1. The molecular weight excluding hydrogens is 987 g/mol. The number of benzene rings is 1. The van der Waals surface area contributed by atoms with Crippen LogP contribution < -0.4 is 17.2 Å². The van der Waals surface area contributed by atoms with Gasteiger partial charge in [-0.25, -0.2) is 38.5 Å². The van der Waals surface area contributed by atoms with E-state index in [-0.39, 0.29) is 45.6 Å². The van der Waals surface area contributed by atoms with E-state index in [0.717, 1.165) is 22.0 Å². The van der Waals surface area contributed by atoms with Gasteiger partial charge in [-0.05, 0) is 17.2 Å². The van der Waals surface area contributed by atoms with Crippen LogP contribution in [0.25, 0.3) is 21.6 Å². The van der Waals surface area contributed by atoms with Gasteiger partial charge in [0, 0.05) is 34.3 Å². The highest BCUT2D eigenvalue weighted by Gasteiger charge is 2.52. The van der Waals surface area contributed by atoms with Crippen molar-refractivity contribution in [2.24, 2.45) is 5.11 Å². The first-order valence-corrected chi connectivity index (χ1v) is 25.2. The number of phosphoric ester groups is 2. The number of azide groups is 1. The molecule has 2 saturated heterocycles. The van der Waals surface area contributed by atoms with Gasteiger partial charge in [0.15, 0.2) is 30.0 Å². The van der Waals surface area contributed by atoms with E-state index in [1.807, 2.05) is 20.8 Å². The summed E-state index contributed by atoms with van der Waals surface area (Å²) in [6.07, 6.45) is -11.8. The van der Waals surface area contributed by atoms with Gasteiger partial charge in [0.1, 0.15) is 60.8 Å². The Morgan fingerprint density at radius 2 is 1.66 bits per heavy atom. The van der Waals surface area contributed by atoms with Crippen LogP contribution in [0.15, 0.2) is 59.1 Å². The molecular formula is C35H46N12O17P2S2. The molecule has 5 unspecified atom stereocenters. The molecule has 3 aromatic heterocycles. The summed E-state index contributed by atoms with van der Waals surface area (Å²) in [7, 11) is -6.80. The second-order valence-corrected chi connectivity index (χ2v) is 21.6. The fourth-order valence-electron chi connectivity index (χ4n) is 6.61. The number of carbonyl (C=O) groups excluding carboxylic acids is 2. The molecule has 29 nitrogen and oxygen atoms in total. The number of nitrogens with zero attached hydrogens (tertiary/aromatic N) is 10. The number of rotatable bonds is 19. The van der Waals surface area contributed by atoms with E-state index in [2.05, 4.69) is 34.5 Å². The molecule has 1 amide bonds. The number of nitrogens with two attached hydrogens (primary N) is 2. The van der Waals surface area contributed by atoms with Crippen LogP contribution in [0.3, 0.4) is 0 Å². The zero-order valence-corrected chi connectivity index (χ0v) is 39.5. The lowest BCUT2D eigenvalue weighted by molar-refractivity contribution is -0.161. The topological polar surface area (TPSA) is 417 Å². The molecule has 5 heterocycles. The summed E-state index contributed by atoms with van der Waals surface area (Å²) in [6.45, 7) is 3.36. The number of nitrogen functional groups attached to an aromatic ring is 2. The molecule has 0 radical (unpaired) electrons. The molecule has 6 rings (SSSR count). The fourth-order valence-corrected chi connectivity index (χ4v) is 10.5. The van der Waals surface area contributed by atoms with Gasteiger partial charge < -0.3 is 55.3 Å². The molecule has 4 aromatic rings. The summed E-state index contributed by atoms with van der Waals surface area (Å²) >= 11 is 0. The average Bonchev–Trinajstić information content (AvgIpc) is 3.92. The maximum Gasteiger partial charge on any atom is 0.472 e. The third kappa shape index (κ3) is 13.0. The van der Waals surface area contributed by atoms with Crippen molar-refractivity contribution in [1.29, 1.82) is 0 Å². The number of amides is 1. The Bertz CT molecular complexity index is 2670. The van der Waals surface area contributed by atoms with E-state index in [0.29, 0.717) is 5.56 Å². The van der Waals surface area contributed by atoms with Gasteiger partial charge in [-0.15, -0.1) is 0 Å². The Labute approximate surface area is 392 Å². The molecule has 0 aliphatic carbocycles. The number of aromatic nitrogens is 6. The first-order valence-electron chi connectivity index (χ1n) is 19.8. The third-order valence-corrected chi connectivity index (χ3v) is 14.6. The van der Waals surface area contributed by atoms with Gasteiger partial charge in [-0.1, -0.05) is 71.7 Å². The zero-order chi connectivity index (χ0) is 49.7. The van der Waals surface area contributed by atoms with Crippen molar-refractivity contribution in [1.82, 2.24) is 34.0 Å². The van der Waals surface area contributed by atoms with Crippen LogP contribution in [0.5, 0.6) is 0 Å². The second-order valence-electron chi connectivity index (χ2n) is 15.7. The van der Waals surface area contributed by atoms with Crippen molar-refractivity contribution in [3.8, 4) is 0 Å². The number of fused-ring (bicyclic) bond motifs is 1. The van der Waals surface area contributed by atoms with Gasteiger partial charge >= 0.3 is 33.4 Å². The highest BCUT2D eigenvalue weighted by molar-refractivity contribution is 8.77.